The Balaban J connectivity index is 1.44. The molecule has 40 heavy (non-hydrogen) atoms. The van der Waals surface area contributed by atoms with Gasteiger partial charge < -0.3 is 20.7 Å². The van der Waals surface area contributed by atoms with Crippen molar-refractivity contribution in [2.75, 3.05) is 10.6 Å². The van der Waals surface area contributed by atoms with Crippen molar-refractivity contribution in [1.29, 1.82) is 0 Å². The van der Waals surface area contributed by atoms with Crippen molar-refractivity contribution < 1.29 is 32.3 Å². The number of fused-ring (bicyclic) bond motifs is 1. The van der Waals surface area contributed by atoms with Crippen LogP contribution in [0.2, 0.25) is 0 Å². The molecule has 0 fully saturated rings. The molecular formula is C26H24F3N7O4. The molecule has 0 radical (unpaired) electrons. The number of benzene rings is 2. The maximum atomic E-state index is 13.2. The number of hydrogen-bond donors (Lipinski definition) is 3. The summed E-state index contributed by atoms with van der Waals surface area (Å²) in [5, 5.41) is 7.50. The molecular weight excluding hydrogens is 531 g/mol. The van der Waals surface area contributed by atoms with Crippen LogP contribution in [-0.2, 0) is 17.5 Å². The minimum atomic E-state index is -4.75. The highest BCUT2D eigenvalue weighted by Gasteiger charge is 2.33. The lowest BCUT2D eigenvalue weighted by atomic mass is 10.1. The number of urea groups is 1. The third-order valence-electron chi connectivity index (χ3n) is 5.36. The van der Waals surface area contributed by atoms with E-state index in [9.17, 15) is 27.6 Å². The largest absolute Gasteiger partial charge is 0.444 e. The van der Waals surface area contributed by atoms with Gasteiger partial charge in [-0.05, 0) is 63.2 Å². The molecule has 0 saturated carbocycles. The third-order valence-corrected chi connectivity index (χ3v) is 5.36. The molecule has 4 rings (SSSR count). The van der Waals surface area contributed by atoms with Gasteiger partial charge in [0, 0.05) is 22.6 Å². The number of nitrogens with one attached hydrogen (secondary N) is 3. The lowest BCUT2D eigenvalue weighted by Crippen LogP contribution is -2.32. The summed E-state index contributed by atoms with van der Waals surface area (Å²) in [5.74, 6) is 0. The van der Waals surface area contributed by atoms with E-state index in [0.717, 1.165) is 6.07 Å². The van der Waals surface area contributed by atoms with Gasteiger partial charge in [0.05, 0.1) is 17.8 Å². The molecule has 0 aliphatic heterocycles. The van der Waals surface area contributed by atoms with Crippen molar-refractivity contribution in [3.63, 3.8) is 0 Å². The van der Waals surface area contributed by atoms with E-state index in [0.29, 0.717) is 34.3 Å². The Kier molecular flexibility index (Phi) is 7.70. The van der Waals surface area contributed by atoms with Gasteiger partial charge in [-0.3, -0.25) is 9.36 Å². The first-order chi connectivity index (χ1) is 18.8. The van der Waals surface area contributed by atoms with Gasteiger partial charge in [-0.2, -0.15) is 13.2 Å². The van der Waals surface area contributed by atoms with Crippen LogP contribution >= 0.6 is 0 Å². The molecule has 11 nitrogen and oxygen atoms in total. The van der Waals surface area contributed by atoms with Crippen molar-refractivity contribution in [3.05, 3.63) is 71.9 Å². The van der Waals surface area contributed by atoms with Gasteiger partial charge in [0.2, 0.25) is 0 Å². The fourth-order valence-corrected chi connectivity index (χ4v) is 3.65. The van der Waals surface area contributed by atoms with Gasteiger partial charge in [-0.15, -0.1) is 0 Å². The number of ether oxygens (including phenoxy) is 1. The highest BCUT2D eigenvalue weighted by atomic mass is 19.4. The van der Waals surface area contributed by atoms with Crippen molar-refractivity contribution in [3.8, 4) is 5.69 Å². The van der Waals surface area contributed by atoms with Crippen LogP contribution in [0.4, 0.5) is 34.1 Å². The van der Waals surface area contributed by atoms with Crippen LogP contribution in [0.25, 0.3) is 16.9 Å². The van der Waals surface area contributed by atoms with E-state index in [2.05, 4.69) is 30.9 Å². The van der Waals surface area contributed by atoms with Crippen LogP contribution in [0, 0.1) is 0 Å². The first kappa shape index (κ1) is 28.0. The lowest BCUT2D eigenvalue weighted by Gasteiger charge is -2.19. The molecule has 0 bridgehead atoms. The summed E-state index contributed by atoms with van der Waals surface area (Å²) >= 11 is 0. The van der Waals surface area contributed by atoms with E-state index in [-0.39, 0.29) is 18.5 Å². The molecule has 3 amide bonds. The number of aromatic nitrogens is 4. The molecule has 0 unspecified atom stereocenters. The second-order valence-electron chi connectivity index (χ2n) is 9.51. The van der Waals surface area contributed by atoms with Gasteiger partial charge in [-0.1, -0.05) is 0 Å². The molecule has 0 aliphatic rings. The number of rotatable bonds is 6. The summed E-state index contributed by atoms with van der Waals surface area (Å²) < 4.78 is 46.4. The van der Waals surface area contributed by atoms with Gasteiger partial charge in [-0.25, -0.2) is 24.5 Å². The van der Waals surface area contributed by atoms with Gasteiger partial charge in [0.15, 0.2) is 11.9 Å². The number of aldehydes is 1. The van der Waals surface area contributed by atoms with E-state index in [4.69, 9.17) is 4.74 Å². The van der Waals surface area contributed by atoms with Crippen molar-refractivity contribution in [2.24, 2.45) is 0 Å². The zero-order valence-corrected chi connectivity index (χ0v) is 21.5. The molecule has 0 spiro atoms. The molecule has 4 aromatic rings. The second kappa shape index (κ2) is 11.0. The Bertz CT molecular complexity index is 1560. The maximum absolute atomic E-state index is 13.2. The maximum Gasteiger partial charge on any atom is 0.417 e. The number of alkyl halides is 3. The van der Waals surface area contributed by atoms with Gasteiger partial charge in [0.25, 0.3) is 0 Å². The minimum absolute atomic E-state index is 0.0747. The topological polar surface area (TPSA) is 140 Å². The van der Waals surface area contributed by atoms with Crippen LogP contribution in [0.1, 0.15) is 42.4 Å². The third kappa shape index (κ3) is 6.70. The number of alkyl carbamates (subject to hydrolysis) is 1. The van der Waals surface area contributed by atoms with Crippen molar-refractivity contribution in [1.82, 2.24) is 24.8 Å². The van der Waals surface area contributed by atoms with E-state index < -0.39 is 35.0 Å². The number of carbonyl (C=O) groups excluding carboxylic acids is 3. The highest BCUT2D eigenvalue weighted by Crippen LogP contribution is 2.33. The molecule has 0 atom stereocenters. The van der Waals surface area contributed by atoms with Crippen LogP contribution in [0.3, 0.4) is 0 Å². The number of nitrogens with zero attached hydrogens (tertiary/aromatic N) is 4. The van der Waals surface area contributed by atoms with Crippen LogP contribution in [-0.4, -0.2) is 43.5 Å². The quantitative estimate of drug-likeness (QED) is 0.274. The Labute approximate surface area is 225 Å². The van der Waals surface area contributed by atoms with Crippen LogP contribution in [0.15, 0.2) is 55.1 Å². The molecule has 3 N–H and O–H groups in total. The predicted molar refractivity (Wildman–Crippen MR) is 139 cm³/mol. The molecule has 2 heterocycles. The van der Waals surface area contributed by atoms with Crippen molar-refractivity contribution >= 4 is 40.9 Å². The Morgan fingerprint density at radius 1 is 0.975 bits per heavy atom. The van der Waals surface area contributed by atoms with Crippen LogP contribution in [0.5, 0.6) is 0 Å². The number of hydrogen-bond acceptors (Lipinski definition) is 7. The number of halogens is 3. The SMILES string of the molecule is CC(C)(C)OC(=O)NCc1ncnc2c1ncn2-c1ccc(NC(=O)Nc2ccc(C=O)c(C(F)(F)F)c2)cc1. The number of carbonyl (C=O) groups is 3. The number of imidazole rings is 1. The Morgan fingerprint density at radius 3 is 2.30 bits per heavy atom. The monoisotopic (exact) mass is 555 g/mol. The second-order valence-corrected chi connectivity index (χ2v) is 9.51. The standard InChI is InChI=1S/C26H24F3N7O4/c1-25(2,3)40-24(39)30-11-20-21-22(32-13-31-20)36(14-33-21)18-8-6-16(7-9-18)34-23(38)35-17-5-4-15(12-37)19(10-17)26(27,28)29/h4-10,12-14H,11H2,1-3H3,(H,30,39)(H2,34,35,38). The van der Waals surface area contributed by atoms with E-state index in [1.54, 1.807) is 49.6 Å². The highest BCUT2D eigenvalue weighted by molar-refractivity contribution is 6.00. The summed E-state index contributed by atoms with van der Waals surface area (Å²) in [6.45, 7) is 5.34. The van der Waals surface area contributed by atoms with E-state index >= 15 is 0 Å². The summed E-state index contributed by atoms with van der Waals surface area (Å²) in [4.78, 5) is 48.1. The molecule has 0 aliphatic carbocycles. The lowest BCUT2D eigenvalue weighted by molar-refractivity contribution is -0.137. The normalized spacial score (nSPS) is 11.7. The fourth-order valence-electron chi connectivity index (χ4n) is 3.65. The summed E-state index contributed by atoms with van der Waals surface area (Å²) in [6, 6.07) is 8.63. The Morgan fingerprint density at radius 2 is 1.65 bits per heavy atom. The van der Waals surface area contributed by atoms with Gasteiger partial charge >= 0.3 is 18.3 Å². The minimum Gasteiger partial charge on any atom is -0.444 e. The number of anilines is 2. The smallest absolute Gasteiger partial charge is 0.417 e. The zero-order chi connectivity index (χ0) is 29.1. The molecule has 208 valence electrons. The molecule has 2 aromatic heterocycles. The average molecular weight is 556 g/mol. The molecule has 0 saturated heterocycles. The van der Waals surface area contributed by atoms with Crippen LogP contribution < -0.4 is 16.0 Å². The molecule has 14 heteroatoms. The average Bonchev–Trinajstić information content (AvgIpc) is 3.31. The van der Waals surface area contributed by atoms with Crippen molar-refractivity contribution in [2.45, 2.75) is 39.1 Å². The first-order valence-electron chi connectivity index (χ1n) is 11.8. The zero-order valence-electron chi connectivity index (χ0n) is 21.5. The first-order valence-corrected chi connectivity index (χ1v) is 11.8. The predicted octanol–water partition coefficient (Wildman–Crippen LogP) is 5.32. The molecule has 2 aromatic carbocycles. The number of amides is 3. The summed E-state index contributed by atoms with van der Waals surface area (Å²) in [6.07, 6.45) is -2.36. The van der Waals surface area contributed by atoms with E-state index in [1.165, 1.54) is 18.7 Å². The summed E-state index contributed by atoms with van der Waals surface area (Å²) in [5.41, 5.74) is -0.00275. The fraction of sp³-hybridized carbons (Fsp3) is 0.231. The summed E-state index contributed by atoms with van der Waals surface area (Å²) in [7, 11) is 0. The Hall–Kier alpha value is -5.01. The van der Waals surface area contributed by atoms with Gasteiger partial charge in [0.1, 0.15) is 23.8 Å². The van der Waals surface area contributed by atoms with E-state index in [1.807, 2.05) is 0 Å².